The van der Waals surface area contributed by atoms with Crippen molar-refractivity contribution >= 4 is 58.9 Å². The van der Waals surface area contributed by atoms with Crippen molar-refractivity contribution in [2.24, 2.45) is 5.92 Å². The van der Waals surface area contributed by atoms with Gasteiger partial charge in [0, 0.05) is 36.1 Å². The maximum atomic E-state index is 13.0. The van der Waals surface area contributed by atoms with Gasteiger partial charge in [-0.3, -0.25) is 19.5 Å². The lowest BCUT2D eigenvalue weighted by Crippen LogP contribution is -2.38. The Hall–Kier alpha value is -2.71. The molecule has 0 spiro atoms. The largest absolute Gasteiger partial charge is 0.325 e. The zero-order chi connectivity index (χ0) is 23.2. The van der Waals surface area contributed by atoms with E-state index in [9.17, 15) is 9.59 Å². The summed E-state index contributed by atoms with van der Waals surface area (Å²) in [5, 5.41) is 6.49. The highest BCUT2D eigenvalue weighted by Crippen LogP contribution is 2.25. The van der Waals surface area contributed by atoms with Gasteiger partial charge in [0.25, 0.3) is 5.91 Å². The molecule has 1 aromatic carbocycles. The Morgan fingerprint density at radius 1 is 0.971 bits per heavy atom. The summed E-state index contributed by atoms with van der Waals surface area (Å²) in [7, 11) is 0. The SMILES string of the molecule is Cl.O=C(Nc1ccc(Cl)cn1)c1cc(Cl)ccc1NC(=O)C1CCN(Cc2ccncc2)CC1. The Balaban J connectivity index is 0.00000324. The molecule has 1 aliphatic heterocycles. The third kappa shape index (κ3) is 6.90. The first-order chi connectivity index (χ1) is 16.0. The smallest absolute Gasteiger partial charge is 0.258 e. The number of pyridine rings is 2. The van der Waals surface area contributed by atoms with Crippen LogP contribution in [0.25, 0.3) is 0 Å². The van der Waals surface area contributed by atoms with Crippen LogP contribution in [0.15, 0.2) is 61.1 Å². The molecule has 0 radical (unpaired) electrons. The van der Waals surface area contributed by atoms with E-state index in [-0.39, 0.29) is 29.8 Å². The molecule has 34 heavy (non-hydrogen) atoms. The molecule has 3 heterocycles. The van der Waals surface area contributed by atoms with Gasteiger partial charge < -0.3 is 10.6 Å². The molecule has 2 amide bonds. The van der Waals surface area contributed by atoms with Crippen molar-refractivity contribution in [3.63, 3.8) is 0 Å². The second-order valence-electron chi connectivity index (χ2n) is 7.90. The Morgan fingerprint density at radius 3 is 2.35 bits per heavy atom. The number of hydrogen-bond donors (Lipinski definition) is 2. The number of rotatable bonds is 6. The van der Waals surface area contributed by atoms with E-state index in [1.54, 1.807) is 36.7 Å². The van der Waals surface area contributed by atoms with Crippen molar-refractivity contribution in [2.75, 3.05) is 23.7 Å². The van der Waals surface area contributed by atoms with E-state index in [1.807, 2.05) is 12.1 Å². The quantitative estimate of drug-likeness (QED) is 0.460. The molecule has 4 rings (SSSR count). The summed E-state index contributed by atoms with van der Waals surface area (Å²) in [6.45, 7) is 2.50. The van der Waals surface area contributed by atoms with Crippen molar-refractivity contribution in [3.05, 3.63) is 82.2 Å². The van der Waals surface area contributed by atoms with Crippen LogP contribution in [0.2, 0.25) is 10.0 Å². The first kappa shape index (κ1) is 25.9. The van der Waals surface area contributed by atoms with E-state index in [1.165, 1.54) is 17.8 Å². The second-order valence-corrected chi connectivity index (χ2v) is 8.77. The second kappa shape index (κ2) is 12.1. The van der Waals surface area contributed by atoms with Gasteiger partial charge in [-0.25, -0.2) is 4.98 Å². The number of nitrogens with zero attached hydrogens (tertiary/aromatic N) is 3. The minimum absolute atomic E-state index is 0. The van der Waals surface area contributed by atoms with E-state index >= 15 is 0 Å². The predicted octanol–water partition coefficient (Wildman–Crippen LogP) is 5.31. The lowest BCUT2D eigenvalue weighted by atomic mass is 9.95. The summed E-state index contributed by atoms with van der Waals surface area (Å²) in [6, 6.07) is 12.1. The molecule has 0 bridgehead atoms. The maximum absolute atomic E-state index is 13.0. The van der Waals surface area contributed by atoms with Gasteiger partial charge in [0.2, 0.25) is 5.91 Å². The van der Waals surface area contributed by atoms with Crippen molar-refractivity contribution in [1.29, 1.82) is 0 Å². The number of nitrogens with one attached hydrogen (secondary N) is 2. The van der Waals surface area contributed by atoms with E-state index in [0.717, 1.165) is 32.5 Å². The highest BCUT2D eigenvalue weighted by Gasteiger charge is 2.26. The molecule has 0 saturated carbocycles. The van der Waals surface area contributed by atoms with Gasteiger partial charge in [-0.05, 0) is 74.0 Å². The number of carbonyl (C=O) groups is 2. The minimum atomic E-state index is -0.421. The highest BCUT2D eigenvalue weighted by atomic mass is 35.5. The zero-order valence-corrected chi connectivity index (χ0v) is 20.5. The first-order valence-electron chi connectivity index (χ1n) is 10.6. The summed E-state index contributed by atoms with van der Waals surface area (Å²) in [5.41, 5.74) is 1.89. The van der Waals surface area contributed by atoms with Crippen molar-refractivity contribution in [3.8, 4) is 0 Å². The third-order valence-electron chi connectivity index (χ3n) is 5.57. The molecule has 10 heteroatoms. The van der Waals surface area contributed by atoms with Crippen LogP contribution in [0, 0.1) is 5.92 Å². The fourth-order valence-electron chi connectivity index (χ4n) is 3.78. The molecule has 2 aromatic heterocycles. The lowest BCUT2D eigenvalue weighted by molar-refractivity contribution is -0.121. The number of benzene rings is 1. The van der Waals surface area contributed by atoms with Crippen molar-refractivity contribution < 1.29 is 9.59 Å². The number of amides is 2. The van der Waals surface area contributed by atoms with Crippen LogP contribution in [0.3, 0.4) is 0 Å². The summed E-state index contributed by atoms with van der Waals surface area (Å²) in [6.07, 6.45) is 6.52. The van der Waals surface area contributed by atoms with Gasteiger partial charge >= 0.3 is 0 Å². The van der Waals surface area contributed by atoms with Gasteiger partial charge in [-0.1, -0.05) is 23.2 Å². The first-order valence-corrected chi connectivity index (χ1v) is 11.4. The normalized spacial score (nSPS) is 14.2. The van der Waals surface area contributed by atoms with Crippen LogP contribution >= 0.6 is 35.6 Å². The summed E-state index contributed by atoms with van der Waals surface area (Å²) < 4.78 is 0. The third-order valence-corrected chi connectivity index (χ3v) is 6.03. The van der Waals surface area contributed by atoms with E-state index in [2.05, 4.69) is 25.5 Å². The van der Waals surface area contributed by atoms with Gasteiger partial charge in [0.15, 0.2) is 0 Å². The molecular weight excluding hydrogens is 497 g/mol. The van der Waals surface area contributed by atoms with Crippen LogP contribution < -0.4 is 10.6 Å². The van der Waals surface area contributed by atoms with Gasteiger partial charge in [-0.2, -0.15) is 0 Å². The molecular formula is C24H24Cl3N5O2. The Labute approximate surface area is 214 Å². The number of piperidine rings is 1. The Kier molecular flexibility index (Phi) is 9.24. The average molecular weight is 521 g/mol. The molecule has 1 fully saturated rings. The average Bonchev–Trinajstić information content (AvgIpc) is 2.83. The van der Waals surface area contributed by atoms with Crippen molar-refractivity contribution in [2.45, 2.75) is 19.4 Å². The van der Waals surface area contributed by atoms with Crippen LogP contribution in [0.5, 0.6) is 0 Å². The van der Waals surface area contributed by atoms with E-state index < -0.39 is 5.91 Å². The molecule has 1 aliphatic rings. The fourth-order valence-corrected chi connectivity index (χ4v) is 4.07. The zero-order valence-electron chi connectivity index (χ0n) is 18.2. The topological polar surface area (TPSA) is 87.2 Å². The van der Waals surface area contributed by atoms with Crippen LogP contribution in [0.1, 0.15) is 28.8 Å². The summed E-state index contributed by atoms with van der Waals surface area (Å²) >= 11 is 12.0. The number of hydrogen-bond acceptors (Lipinski definition) is 5. The standard InChI is InChI=1S/C24H23Cl2N5O2.ClH/c25-18-1-3-21(20(13-18)24(33)30-22-4-2-19(26)14-28-22)29-23(32)17-7-11-31(12-8-17)15-16-5-9-27-10-6-16;/h1-6,9-10,13-14,17H,7-8,11-12,15H2,(H,29,32)(H,28,30,33);1H. The monoisotopic (exact) mass is 519 g/mol. The van der Waals surface area contributed by atoms with E-state index in [4.69, 9.17) is 23.2 Å². The molecule has 2 N–H and O–H groups in total. The molecule has 3 aromatic rings. The molecule has 0 atom stereocenters. The van der Waals surface area contributed by atoms with Gasteiger partial charge in [-0.15, -0.1) is 12.4 Å². The number of anilines is 2. The predicted molar refractivity (Wildman–Crippen MR) is 137 cm³/mol. The molecule has 1 saturated heterocycles. The fraction of sp³-hybridized carbons (Fsp3) is 0.250. The van der Waals surface area contributed by atoms with Crippen molar-refractivity contribution in [1.82, 2.24) is 14.9 Å². The van der Waals surface area contributed by atoms with Crippen LogP contribution in [-0.4, -0.2) is 39.8 Å². The maximum Gasteiger partial charge on any atom is 0.258 e. The molecule has 0 unspecified atom stereocenters. The van der Waals surface area contributed by atoms with Crippen LogP contribution in [0.4, 0.5) is 11.5 Å². The summed E-state index contributed by atoms with van der Waals surface area (Å²) in [4.78, 5) is 36.3. The van der Waals surface area contributed by atoms with Gasteiger partial charge in [0.1, 0.15) is 5.82 Å². The highest BCUT2D eigenvalue weighted by molar-refractivity contribution is 6.31. The van der Waals surface area contributed by atoms with Crippen LogP contribution in [-0.2, 0) is 11.3 Å². The minimum Gasteiger partial charge on any atom is -0.325 e. The lowest BCUT2D eigenvalue weighted by Gasteiger charge is -2.31. The molecule has 178 valence electrons. The molecule has 0 aliphatic carbocycles. The number of likely N-dealkylation sites (tertiary alicyclic amines) is 1. The number of halogens is 3. The Bertz CT molecular complexity index is 1120. The number of carbonyl (C=O) groups excluding carboxylic acids is 2. The van der Waals surface area contributed by atoms with E-state index in [0.29, 0.717) is 21.6 Å². The molecule has 7 nitrogen and oxygen atoms in total. The summed E-state index contributed by atoms with van der Waals surface area (Å²) in [5.74, 6) is -0.291. The Morgan fingerprint density at radius 2 is 1.68 bits per heavy atom. The number of aromatic nitrogens is 2. The van der Waals surface area contributed by atoms with Gasteiger partial charge in [0.05, 0.1) is 16.3 Å².